The van der Waals surface area contributed by atoms with Crippen molar-refractivity contribution in [2.45, 2.75) is 0 Å². The number of carbonyl (C=O) groups excluding carboxylic acids is 1. The van der Waals surface area contributed by atoms with E-state index in [0.29, 0.717) is 9.39 Å². The Bertz CT molecular complexity index is 600. The van der Waals surface area contributed by atoms with Crippen LogP contribution in [0.1, 0.15) is 0 Å². The summed E-state index contributed by atoms with van der Waals surface area (Å²) in [4.78, 5) is 11.0. The number of esters is 1. The Labute approximate surface area is 122 Å². The molecule has 0 radical (unpaired) electrons. The molecule has 1 aromatic carbocycles. The van der Waals surface area contributed by atoms with Crippen molar-refractivity contribution in [3.8, 4) is 11.6 Å². The number of para-hydroxylation sites is 1. The van der Waals surface area contributed by atoms with Crippen molar-refractivity contribution in [1.82, 2.24) is 9.78 Å². The molecule has 2 aromatic rings. The Morgan fingerprint density at radius 1 is 1.47 bits per heavy atom. The molecule has 0 aliphatic carbocycles. The number of aromatic nitrogens is 2. The van der Waals surface area contributed by atoms with Crippen LogP contribution in [0, 0.1) is 9.52 Å². The van der Waals surface area contributed by atoms with E-state index in [1.165, 1.54) is 17.9 Å². The summed E-state index contributed by atoms with van der Waals surface area (Å²) in [6.45, 7) is -0.235. The summed E-state index contributed by atoms with van der Waals surface area (Å²) in [6.07, 6.45) is 0. The van der Waals surface area contributed by atoms with Gasteiger partial charge in [0, 0.05) is 6.07 Å². The molecular formula is C12H10FIN2O3. The maximum atomic E-state index is 13.7. The fraction of sp³-hybridized carbons (Fsp3) is 0.167. The monoisotopic (exact) mass is 376 g/mol. The van der Waals surface area contributed by atoms with Crippen LogP contribution < -0.4 is 4.74 Å². The van der Waals surface area contributed by atoms with Gasteiger partial charge in [0.25, 0.3) is 0 Å². The molecule has 0 atom stereocenters. The number of ether oxygens (including phenoxy) is 2. The second-order valence-electron chi connectivity index (χ2n) is 3.53. The molecule has 1 heterocycles. The highest BCUT2D eigenvalue weighted by atomic mass is 127. The number of hydrogen-bond acceptors (Lipinski definition) is 4. The lowest BCUT2D eigenvalue weighted by molar-refractivity contribution is -0.143. The first-order valence-electron chi connectivity index (χ1n) is 5.32. The Balaban J connectivity index is 2.22. The van der Waals surface area contributed by atoms with Gasteiger partial charge in [0.2, 0.25) is 5.88 Å². The van der Waals surface area contributed by atoms with Gasteiger partial charge in [-0.05, 0) is 34.7 Å². The molecule has 0 spiro atoms. The molecule has 0 aliphatic heterocycles. The van der Waals surface area contributed by atoms with Crippen LogP contribution in [0.2, 0.25) is 0 Å². The molecule has 0 fully saturated rings. The van der Waals surface area contributed by atoms with E-state index in [1.807, 2.05) is 22.6 Å². The normalized spacial score (nSPS) is 10.3. The summed E-state index contributed by atoms with van der Waals surface area (Å²) in [6, 6.07) is 7.88. The number of halogens is 2. The maximum Gasteiger partial charge on any atom is 0.343 e. The van der Waals surface area contributed by atoms with Crippen LogP contribution in [-0.2, 0) is 9.53 Å². The number of carbonyl (C=O) groups is 1. The van der Waals surface area contributed by atoms with Crippen LogP contribution >= 0.6 is 22.6 Å². The first-order valence-corrected chi connectivity index (χ1v) is 6.40. The number of rotatable bonds is 4. The summed E-state index contributed by atoms with van der Waals surface area (Å²) >= 11 is 2.01. The second-order valence-corrected chi connectivity index (χ2v) is 4.64. The van der Waals surface area contributed by atoms with Gasteiger partial charge in [0.1, 0.15) is 15.2 Å². The van der Waals surface area contributed by atoms with E-state index in [2.05, 4.69) is 9.84 Å². The largest absolute Gasteiger partial charge is 0.466 e. The minimum absolute atomic E-state index is 0.234. The van der Waals surface area contributed by atoms with Crippen molar-refractivity contribution in [2.75, 3.05) is 13.7 Å². The second kappa shape index (κ2) is 6.00. The SMILES string of the molecule is COC(=O)COc1cc(I)n(-c2ccccc2F)n1. The average molecular weight is 376 g/mol. The highest BCUT2D eigenvalue weighted by Gasteiger charge is 2.12. The van der Waals surface area contributed by atoms with Gasteiger partial charge in [-0.3, -0.25) is 0 Å². The topological polar surface area (TPSA) is 53.4 Å². The fourth-order valence-corrected chi connectivity index (χ4v) is 2.03. The van der Waals surface area contributed by atoms with Crippen LogP contribution in [0.4, 0.5) is 4.39 Å². The van der Waals surface area contributed by atoms with Crippen molar-refractivity contribution in [3.05, 3.63) is 39.8 Å². The molecule has 100 valence electrons. The molecule has 0 saturated carbocycles. The third kappa shape index (κ3) is 3.22. The summed E-state index contributed by atoms with van der Waals surface area (Å²) in [5, 5.41) is 4.09. The lowest BCUT2D eigenvalue weighted by atomic mass is 10.3. The zero-order valence-corrected chi connectivity index (χ0v) is 12.1. The summed E-state index contributed by atoms with van der Waals surface area (Å²) < 4.78 is 25.3. The molecule has 2 rings (SSSR count). The lowest BCUT2D eigenvalue weighted by Crippen LogP contribution is -2.13. The predicted molar refractivity (Wildman–Crippen MR) is 73.8 cm³/mol. The first-order chi connectivity index (χ1) is 9.11. The molecule has 0 bridgehead atoms. The van der Waals surface area contributed by atoms with E-state index in [-0.39, 0.29) is 18.3 Å². The molecule has 0 unspecified atom stereocenters. The minimum Gasteiger partial charge on any atom is -0.466 e. The maximum absolute atomic E-state index is 13.7. The van der Waals surface area contributed by atoms with Crippen molar-refractivity contribution < 1.29 is 18.7 Å². The molecule has 0 saturated heterocycles. The molecular weight excluding hydrogens is 366 g/mol. The van der Waals surface area contributed by atoms with Gasteiger partial charge < -0.3 is 9.47 Å². The van der Waals surface area contributed by atoms with Crippen LogP contribution in [0.15, 0.2) is 30.3 Å². The van der Waals surface area contributed by atoms with Gasteiger partial charge in [-0.25, -0.2) is 13.9 Å². The van der Waals surface area contributed by atoms with Crippen molar-refractivity contribution in [2.24, 2.45) is 0 Å². The van der Waals surface area contributed by atoms with Crippen LogP contribution in [0.3, 0.4) is 0 Å². The van der Waals surface area contributed by atoms with Gasteiger partial charge in [-0.2, -0.15) is 0 Å². The fourth-order valence-electron chi connectivity index (χ4n) is 1.39. The molecule has 19 heavy (non-hydrogen) atoms. The molecule has 0 aliphatic rings. The first kappa shape index (κ1) is 13.8. The molecule has 0 N–H and O–H groups in total. The van der Waals surface area contributed by atoms with E-state index < -0.39 is 5.97 Å². The standard InChI is InChI=1S/C12H10FIN2O3/c1-18-12(17)7-19-11-6-10(14)16(15-11)9-5-3-2-4-8(9)13/h2-6H,7H2,1H3. The highest BCUT2D eigenvalue weighted by molar-refractivity contribution is 14.1. The Kier molecular flexibility index (Phi) is 4.35. The summed E-state index contributed by atoms with van der Waals surface area (Å²) in [7, 11) is 1.27. The van der Waals surface area contributed by atoms with Gasteiger partial charge in [0.05, 0.1) is 7.11 Å². The zero-order chi connectivity index (χ0) is 13.8. The van der Waals surface area contributed by atoms with E-state index in [1.54, 1.807) is 24.3 Å². The number of methoxy groups -OCH3 is 1. The highest BCUT2D eigenvalue weighted by Crippen LogP contribution is 2.20. The minimum atomic E-state index is -0.504. The van der Waals surface area contributed by atoms with E-state index in [4.69, 9.17) is 4.74 Å². The predicted octanol–water partition coefficient (Wildman–Crippen LogP) is 2.17. The summed E-state index contributed by atoms with van der Waals surface area (Å²) in [5.41, 5.74) is 0.319. The molecule has 7 heteroatoms. The van der Waals surface area contributed by atoms with E-state index in [9.17, 15) is 9.18 Å². The average Bonchev–Trinajstić information content (AvgIpc) is 2.77. The van der Waals surface area contributed by atoms with Crippen LogP contribution in [0.5, 0.6) is 5.88 Å². The Morgan fingerprint density at radius 2 is 2.21 bits per heavy atom. The number of hydrogen-bond donors (Lipinski definition) is 0. The van der Waals surface area contributed by atoms with Crippen LogP contribution in [0.25, 0.3) is 5.69 Å². The Morgan fingerprint density at radius 3 is 2.89 bits per heavy atom. The molecule has 0 amide bonds. The van der Waals surface area contributed by atoms with Crippen molar-refractivity contribution >= 4 is 28.6 Å². The van der Waals surface area contributed by atoms with Gasteiger partial charge in [0.15, 0.2) is 6.61 Å². The number of benzene rings is 1. The quantitative estimate of drug-likeness (QED) is 0.607. The van der Waals surface area contributed by atoms with Gasteiger partial charge >= 0.3 is 5.97 Å². The van der Waals surface area contributed by atoms with E-state index in [0.717, 1.165) is 0 Å². The number of nitrogens with zero attached hydrogens (tertiary/aromatic N) is 2. The summed E-state index contributed by atoms with van der Waals surface area (Å²) in [5.74, 6) is -0.656. The van der Waals surface area contributed by atoms with E-state index >= 15 is 0 Å². The third-order valence-corrected chi connectivity index (χ3v) is 3.06. The van der Waals surface area contributed by atoms with Crippen molar-refractivity contribution in [1.29, 1.82) is 0 Å². The smallest absolute Gasteiger partial charge is 0.343 e. The van der Waals surface area contributed by atoms with Crippen molar-refractivity contribution in [3.63, 3.8) is 0 Å². The zero-order valence-electron chi connectivity index (χ0n) is 9.97. The van der Waals surface area contributed by atoms with Crippen LogP contribution in [-0.4, -0.2) is 29.5 Å². The molecule has 1 aromatic heterocycles. The Hall–Kier alpha value is -1.64. The molecule has 5 nitrogen and oxygen atoms in total. The van der Waals surface area contributed by atoms with Gasteiger partial charge in [-0.15, -0.1) is 5.10 Å². The van der Waals surface area contributed by atoms with Gasteiger partial charge in [-0.1, -0.05) is 12.1 Å². The third-order valence-electron chi connectivity index (χ3n) is 2.29. The lowest BCUT2D eigenvalue weighted by Gasteiger charge is -2.04.